The normalized spacial score (nSPS) is 17.7. The Morgan fingerprint density at radius 1 is 1.24 bits per heavy atom. The summed E-state index contributed by atoms with van der Waals surface area (Å²) in [7, 11) is 0. The molecule has 0 aliphatic heterocycles. The average molecular weight is 388 g/mol. The fourth-order valence-corrected chi connectivity index (χ4v) is 3.40. The topological polar surface area (TPSA) is 69.9 Å². The summed E-state index contributed by atoms with van der Waals surface area (Å²) in [4.78, 5) is 25.6. The van der Waals surface area contributed by atoms with Crippen LogP contribution in [0.1, 0.15) is 29.4 Å². The van der Waals surface area contributed by atoms with Crippen LogP contribution in [-0.4, -0.2) is 26.1 Å². The van der Waals surface area contributed by atoms with Gasteiger partial charge in [-0.3, -0.25) is 9.78 Å². The van der Waals surface area contributed by atoms with Gasteiger partial charge in [0, 0.05) is 48.7 Å². The lowest BCUT2D eigenvalue weighted by Crippen LogP contribution is -2.17. The largest absolute Gasteiger partial charge is 0.477 e. The van der Waals surface area contributed by atoms with Crippen LogP contribution in [0.25, 0.3) is 11.1 Å². The molecule has 0 spiro atoms. The molecule has 0 aromatic carbocycles. The highest BCUT2D eigenvalue weighted by molar-refractivity contribution is 5.67. The van der Waals surface area contributed by atoms with Gasteiger partial charge >= 0.3 is 0 Å². The highest BCUT2D eigenvalue weighted by Crippen LogP contribution is 2.47. The molecule has 3 aromatic heterocycles. The van der Waals surface area contributed by atoms with Gasteiger partial charge < -0.3 is 9.30 Å². The lowest BCUT2D eigenvalue weighted by atomic mass is 10.1. The summed E-state index contributed by atoms with van der Waals surface area (Å²) >= 11 is 0. The maximum Gasteiger partial charge on any atom is 0.251 e. The van der Waals surface area contributed by atoms with E-state index in [0.29, 0.717) is 36.7 Å². The van der Waals surface area contributed by atoms with Crippen LogP contribution in [0.2, 0.25) is 0 Å². The van der Waals surface area contributed by atoms with Crippen molar-refractivity contribution >= 4 is 0 Å². The van der Waals surface area contributed by atoms with Crippen molar-refractivity contribution in [3.05, 3.63) is 82.9 Å². The van der Waals surface area contributed by atoms with Gasteiger partial charge in [-0.25, -0.2) is 4.98 Å². The molecule has 4 rings (SSSR count). The lowest BCUT2D eigenvalue weighted by molar-refractivity contribution is 0.285. The minimum absolute atomic E-state index is 0.0957. The number of allylic oxidation sites excluding steroid dienone is 1. The van der Waals surface area contributed by atoms with Crippen LogP contribution in [0.5, 0.6) is 5.88 Å². The van der Waals surface area contributed by atoms with E-state index in [-0.39, 0.29) is 5.56 Å². The van der Waals surface area contributed by atoms with Crippen molar-refractivity contribution in [2.45, 2.75) is 32.7 Å². The second kappa shape index (κ2) is 7.99. The molecule has 1 fully saturated rings. The molecule has 1 aliphatic rings. The molecule has 29 heavy (non-hydrogen) atoms. The third kappa shape index (κ3) is 4.26. The summed E-state index contributed by atoms with van der Waals surface area (Å²) in [6, 6.07) is 7.65. The second-order valence-electron chi connectivity index (χ2n) is 7.50. The zero-order chi connectivity index (χ0) is 20.4. The Morgan fingerprint density at radius 2 is 2.10 bits per heavy atom. The number of rotatable bonds is 7. The predicted molar refractivity (Wildman–Crippen MR) is 112 cm³/mol. The second-order valence-corrected chi connectivity index (χ2v) is 7.50. The molecule has 0 radical (unpaired) electrons. The van der Waals surface area contributed by atoms with Crippen molar-refractivity contribution in [1.82, 2.24) is 19.5 Å². The Hall–Kier alpha value is -3.28. The van der Waals surface area contributed by atoms with E-state index in [0.717, 1.165) is 23.2 Å². The Labute approximate surface area is 169 Å². The molecule has 2 atom stereocenters. The maximum atomic E-state index is 12.3. The van der Waals surface area contributed by atoms with E-state index in [9.17, 15) is 4.79 Å². The summed E-state index contributed by atoms with van der Waals surface area (Å²) < 4.78 is 7.68. The summed E-state index contributed by atoms with van der Waals surface area (Å²) in [5.41, 5.74) is 3.66. The van der Waals surface area contributed by atoms with Gasteiger partial charge in [-0.15, -0.1) is 6.58 Å². The molecule has 0 saturated heterocycles. The van der Waals surface area contributed by atoms with Crippen LogP contribution in [-0.2, 0) is 6.54 Å². The summed E-state index contributed by atoms with van der Waals surface area (Å²) in [5, 5.41) is 0. The minimum atomic E-state index is -0.0957. The number of hydrogen-bond donors (Lipinski definition) is 0. The average Bonchev–Trinajstić information content (AvgIpc) is 3.48. The first-order valence-electron chi connectivity index (χ1n) is 9.76. The van der Waals surface area contributed by atoms with Crippen molar-refractivity contribution in [2.75, 3.05) is 6.61 Å². The first-order chi connectivity index (χ1) is 14.0. The Balaban J connectivity index is 1.51. The van der Waals surface area contributed by atoms with Crippen LogP contribution in [0.15, 0.2) is 60.3 Å². The number of pyridine rings is 2. The molecular formula is C23H24N4O2. The molecule has 2 unspecified atom stereocenters. The van der Waals surface area contributed by atoms with E-state index in [2.05, 4.69) is 33.7 Å². The molecule has 6 heteroatoms. The van der Waals surface area contributed by atoms with Crippen molar-refractivity contribution in [1.29, 1.82) is 0 Å². The molecule has 0 N–H and O–H groups in total. The quantitative estimate of drug-likeness (QED) is 0.578. The zero-order valence-corrected chi connectivity index (χ0v) is 16.7. The van der Waals surface area contributed by atoms with Crippen LogP contribution < -0.4 is 10.3 Å². The van der Waals surface area contributed by atoms with E-state index < -0.39 is 0 Å². The smallest absolute Gasteiger partial charge is 0.251 e. The van der Waals surface area contributed by atoms with Gasteiger partial charge in [0.15, 0.2) is 0 Å². The molecular weight excluding hydrogens is 364 g/mol. The first-order valence-corrected chi connectivity index (χ1v) is 9.76. The van der Waals surface area contributed by atoms with Gasteiger partial charge in [0.2, 0.25) is 5.88 Å². The Morgan fingerprint density at radius 3 is 2.83 bits per heavy atom. The molecule has 0 amide bonds. The van der Waals surface area contributed by atoms with E-state index in [1.165, 1.54) is 5.56 Å². The zero-order valence-electron chi connectivity index (χ0n) is 16.7. The van der Waals surface area contributed by atoms with Crippen molar-refractivity contribution in [3.63, 3.8) is 0 Å². The Kier molecular flexibility index (Phi) is 5.25. The van der Waals surface area contributed by atoms with Crippen molar-refractivity contribution in [3.8, 4) is 17.0 Å². The van der Waals surface area contributed by atoms with Gasteiger partial charge in [-0.05, 0) is 43.5 Å². The summed E-state index contributed by atoms with van der Waals surface area (Å²) in [5.74, 6) is 2.01. The molecule has 0 bridgehead atoms. The van der Waals surface area contributed by atoms with Crippen molar-refractivity contribution in [2.24, 2.45) is 5.92 Å². The molecule has 148 valence electrons. The predicted octanol–water partition coefficient (Wildman–Crippen LogP) is 3.69. The standard InChI is InChI=1S/C23H24N4O2/c1-4-8-27-9-7-17(11-22(27)28)20-13-24-16(3)26-23(20)29-14-18-10-19(18)21-6-5-15(2)12-25-21/h4-7,9,11-13,18-19H,1,8,10,14H2,2-3H3. The monoisotopic (exact) mass is 388 g/mol. The third-order valence-electron chi connectivity index (χ3n) is 5.18. The van der Waals surface area contributed by atoms with Crippen LogP contribution in [0, 0.1) is 19.8 Å². The number of hydrogen-bond acceptors (Lipinski definition) is 5. The Bertz CT molecular complexity index is 1090. The van der Waals surface area contributed by atoms with Gasteiger partial charge in [0.05, 0.1) is 12.2 Å². The van der Waals surface area contributed by atoms with Crippen LogP contribution in [0.3, 0.4) is 0 Å². The highest BCUT2D eigenvalue weighted by Gasteiger charge is 2.40. The highest BCUT2D eigenvalue weighted by atomic mass is 16.5. The SMILES string of the molecule is C=CCn1ccc(-c2cnc(C)nc2OCC2CC2c2ccc(C)cn2)cc1=O. The van der Waals surface area contributed by atoms with E-state index in [1.807, 2.05) is 26.1 Å². The number of nitrogens with zero attached hydrogens (tertiary/aromatic N) is 4. The van der Waals surface area contributed by atoms with E-state index >= 15 is 0 Å². The molecule has 1 saturated carbocycles. The molecule has 3 heterocycles. The van der Waals surface area contributed by atoms with Crippen molar-refractivity contribution < 1.29 is 4.74 Å². The van der Waals surface area contributed by atoms with E-state index in [1.54, 1.807) is 29.1 Å². The molecule has 3 aromatic rings. The number of aryl methyl sites for hydroxylation is 2. The van der Waals surface area contributed by atoms with Gasteiger partial charge in [-0.2, -0.15) is 4.98 Å². The fourth-order valence-electron chi connectivity index (χ4n) is 3.40. The van der Waals surface area contributed by atoms with E-state index in [4.69, 9.17) is 4.74 Å². The summed E-state index contributed by atoms with van der Waals surface area (Å²) in [6.45, 7) is 8.59. The first kappa shape index (κ1) is 19.1. The van der Waals surface area contributed by atoms with Crippen LogP contribution in [0.4, 0.5) is 0 Å². The minimum Gasteiger partial charge on any atom is -0.477 e. The molecule has 6 nitrogen and oxygen atoms in total. The van der Waals surface area contributed by atoms with Gasteiger partial charge in [0.25, 0.3) is 5.56 Å². The van der Waals surface area contributed by atoms with Crippen LogP contribution >= 0.6 is 0 Å². The fraction of sp³-hybridized carbons (Fsp3) is 0.304. The molecule has 1 aliphatic carbocycles. The van der Waals surface area contributed by atoms with Gasteiger partial charge in [0.1, 0.15) is 5.82 Å². The lowest BCUT2D eigenvalue weighted by Gasteiger charge is -2.11. The maximum absolute atomic E-state index is 12.3. The summed E-state index contributed by atoms with van der Waals surface area (Å²) in [6.07, 6.45) is 8.14. The number of ether oxygens (including phenoxy) is 1. The number of aromatic nitrogens is 4. The van der Waals surface area contributed by atoms with Gasteiger partial charge in [-0.1, -0.05) is 12.1 Å². The third-order valence-corrected chi connectivity index (χ3v) is 5.18.